The zero-order valence-corrected chi connectivity index (χ0v) is 14.0. The van der Waals surface area contributed by atoms with Gasteiger partial charge in [-0.1, -0.05) is 18.2 Å². The minimum atomic E-state index is -0.978. The molecule has 0 fully saturated rings. The number of carbonyl (C=O) groups excluding carboxylic acids is 1. The van der Waals surface area contributed by atoms with E-state index in [4.69, 9.17) is 14.6 Å². The Balaban J connectivity index is 1.93. The van der Waals surface area contributed by atoms with Crippen molar-refractivity contribution in [1.82, 2.24) is 5.32 Å². The summed E-state index contributed by atoms with van der Waals surface area (Å²) in [5.41, 5.74) is 1.83. The number of rotatable bonds is 7. The van der Waals surface area contributed by atoms with Gasteiger partial charge in [-0.05, 0) is 41.5 Å². The van der Waals surface area contributed by atoms with Crippen LogP contribution in [0.5, 0.6) is 11.5 Å². The van der Waals surface area contributed by atoms with Crippen molar-refractivity contribution in [3.63, 3.8) is 0 Å². The molecule has 2 aromatic rings. The molecule has 0 saturated carbocycles. The average Bonchev–Trinajstić information content (AvgIpc) is 2.64. The number of amides is 1. The lowest BCUT2D eigenvalue weighted by atomic mass is 10.1. The topological polar surface area (TPSA) is 84.9 Å². The maximum absolute atomic E-state index is 11.9. The second kappa shape index (κ2) is 8.54. The highest BCUT2D eigenvalue weighted by Gasteiger charge is 2.04. The molecule has 25 heavy (non-hydrogen) atoms. The number of hydrogen-bond donors (Lipinski definition) is 2. The zero-order chi connectivity index (χ0) is 18.2. The van der Waals surface area contributed by atoms with E-state index in [1.165, 1.54) is 18.2 Å². The Morgan fingerprint density at radius 2 is 1.72 bits per heavy atom. The lowest BCUT2D eigenvalue weighted by molar-refractivity contribution is -0.116. The molecule has 0 spiro atoms. The van der Waals surface area contributed by atoms with Crippen molar-refractivity contribution in [2.24, 2.45) is 0 Å². The van der Waals surface area contributed by atoms with Crippen LogP contribution < -0.4 is 14.8 Å². The fourth-order valence-electron chi connectivity index (χ4n) is 2.14. The summed E-state index contributed by atoms with van der Waals surface area (Å²) in [5.74, 6) is -0.0250. The number of carboxylic acids is 1. The first-order valence-corrected chi connectivity index (χ1v) is 7.53. The van der Waals surface area contributed by atoms with E-state index in [0.717, 1.165) is 11.1 Å². The third kappa shape index (κ3) is 5.10. The molecule has 130 valence electrons. The smallest absolute Gasteiger partial charge is 0.335 e. The summed E-state index contributed by atoms with van der Waals surface area (Å²) in [5, 5.41) is 11.6. The summed E-state index contributed by atoms with van der Waals surface area (Å²) in [6.07, 6.45) is 3.09. The van der Waals surface area contributed by atoms with Crippen LogP contribution in [0.3, 0.4) is 0 Å². The van der Waals surface area contributed by atoms with E-state index < -0.39 is 5.97 Å². The highest BCUT2D eigenvalue weighted by Crippen LogP contribution is 2.27. The molecule has 0 unspecified atom stereocenters. The van der Waals surface area contributed by atoms with Crippen LogP contribution in [0.25, 0.3) is 6.08 Å². The van der Waals surface area contributed by atoms with Crippen LogP contribution in [-0.2, 0) is 11.3 Å². The van der Waals surface area contributed by atoms with Gasteiger partial charge in [0.25, 0.3) is 0 Å². The SMILES string of the molecule is COc1ccc(C=CC(=O)NCc2ccc(C(=O)O)cc2)cc1OC. The molecule has 2 N–H and O–H groups in total. The van der Waals surface area contributed by atoms with Gasteiger partial charge in [-0.25, -0.2) is 4.79 Å². The Labute approximate surface area is 145 Å². The largest absolute Gasteiger partial charge is 0.493 e. The van der Waals surface area contributed by atoms with Gasteiger partial charge in [0.15, 0.2) is 11.5 Å². The molecule has 2 aromatic carbocycles. The number of methoxy groups -OCH3 is 2. The van der Waals surface area contributed by atoms with Gasteiger partial charge in [0.2, 0.25) is 5.91 Å². The normalized spacial score (nSPS) is 10.5. The first-order valence-electron chi connectivity index (χ1n) is 7.53. The molecule has 0 aliphatic carbocycles. The second-order valence-corrected chi connectivity index (χ2v) is 5.17. The minimum absolute atomic E-state index is 0.212. The summed E-state index contributed by atoms with van der Waals surface area (Å²) in [7, 11) is 3.11. The molecule has 0 aromatic heterocycles. The van der Waals surface area contributed by atoms with Gasteiger partial charge in [-0.2, -0.15) is 0 Å². The molecule has 2 rings (SSSR count). The van der Waals surface area contributed by atoms with E-state index in [2.05, 4.69) is 5.32 Å². The van der Waals surface area contributed by atoms with Crippen LogP contribution in [0.15, 0.2) is 48.5 Å². The number of carboxylic acid groups (broad SMARTS) is 1. The highest BCUT2D eigenvalue weighted by atomic mass is 16.5. The molecular weight excluding hydrogens is 322 g/mol. The number of benzene rings is 2. The number of nitrogens with one attached hydrogen (secondary N) is 1. The van der Waals surface area contributed by atoms with Crippen LogP contribution in [0.2, 0.25) is 0 Å². The van der Waals surface area contributed by atoms with Crippen molar-refractivity contribution in [3.8, 4) is 11.5 Å². The van der Waals surface area contributed by atoms with Gasteiger partial charge in [0, 0.05) is 12.6 Å². The maximum atomic E-state index is 11.9. The minimum Gasteiger partial charge on any atom is -0.493 e. The van der Waals surface area contributed by atoms with Gasteiger partial charge in [-0.3, -0.25) is 4.79 Å². The molecule has 1 amide bonds. The van der Waals surface area contributed by atoms with Gasteiger partial charge in [0.1, 0.15) is 0 Å². The van der Waals surface area contributed by atoms with E-state index in [1.54, 1.807) is 44.6 Å². The number of hydrogen-bond acceptors (Lipinski definition) is 4. The van der Waals surface area contributed by atoms with Gasteiger partial charge in [-0.15, -0.1) is 0 Å². The number of carbonyl (C=O) groups is 2. The fraction of sp³-hybridized carbons (Fsp3) is 0.158. The molecule has 0 aliphatic heterocycles. The van der Waals surface area contributed by atoms with Crippen LogP contribution in [0, 0.1) is 0 Å². The van der Waals surface area contributed by atoms with Crippen LogP contribution >= 0.6 is 0 Å². The van der Waals surface area contributed by atoms with Crippen LogP contribution in [0.4, 0.5) is 0 Å². The van der Waals surface area contributed by atoms with Crippen molar-refractivity contribution in [1.29, 1.82) is 0 Å². The molecule has 0 bridgehead atoms. The quantitative estimate of drug-likeness (QED) is 0.757. The molecule has 0 aliphatic rings. The van der Waals surface area contributed by atoms with Crippen molar-refractivity contribution in [3.05, 3.63) is 65.2 Å². The monoisotopic (exact) mass is 341 g/mol. The van der Waals surface area contributed by atoms with Gasteiger partial charge >= 0.3 is 5.97 Å². The lowest BCUT2D eigenvalue weighted by Gasteiger charge is -2.07. The Bertz CT molecular complexity index is 781. The molecular formula is C19H19NO5. The lowest BCUT2D eigenvalue weighted by Crippen LogP contribution is -2.20. The Hall–Kier alpha value is -3.28. The summed E-state index contributed by atoms with van der Waals surface area (Å²) in [6.45, 7) is 0.314. The number of aromatic carboxylic acids is 1. The van der Waals surface area contributed by atoms with Crippen molar-refractivity contribution >= 4 is 18.0 Å². The van der Waals surface area contributed by atoms with Gasteiger partial charge in [0.05, 0.1) is 19.8 Å². The second-order valence-electron chi connectivity index (χ2n) is 5.17. The first-order chi connectivity index (χ1) is 12.0. The predicted molar refractivity (Wildman–Crippen MR) is 93.8 cm³/mol. The molecule has 0 heterocycles. The van der Waals surface area contributed by atoms with Crippen LogP contribution in [-0.4, -0.2) is 31.2 Å². The molecule has 6 heteroatoms. The fourth-order valence-corrected chi connectivity index (χ4v) is 2.14. The number of ether oxygens (including phenoxy) is 2. The molecule has 6 nitrogen and oxygen atoms in total. The Morgan fingerprint density at radius 3 is 2.32 bits per heavy atom. The van der Waals surface area contributed by atoms with E-state index >= 15 is 0 Å². The summed E-state index contributed by atoms with van der Waals surface area (Å²) < 4.78 is 10.4. The van der Waals surface area contributed by atoms with Crippen molar-refractivity contribution < 1.29 is 24.2 Å². The van der Waals surface area contributed by atoms with Crippen molar-refractivity contribution in [2.45, 2.75) is 6.54 Å². The van der Waals surface area contributed by atoms with E-state index in [1.807, 2.05) is 6.07 Å². The average molecular weight is 341 g/mol. The van der Waals surface area contributed by atoms with Crippen LogP contribution in [0.1, 0.15) is 21.5 Å². The standard InChI is InChI=1S/C19H19NO5/c1-24-16-9-5-13(11-17(16)25-2)6-10-18(21)20-12-14-3-7-15(8-4-14)19(22)23/h3-11H,12H2,1-2H3,(H,20,21)(H,22,23). The van der Waals surface area contributed by atoms with Crippen molar-refractivity contribution in [2.75, 3.05) is 14.2 Å². The predicted octanol–water partition coefficient (Wildman–Crippen LogP) is 2.73. The molecule has 0 atom stereocenters. The summed E-state index contributed by atoms with van der Waals surface area (Å²) >= 11 is 0. The molecule has 0 saturated heterocycles. The maximum Gasteiger partial charge on any atom is 0.335 e. The summed E-state index contributed by atoms with van der Waals surface area (Å²) in [6, 6.07) is 11.7. The summed E-state index contributed by atoms with van der Waals surface area (Å²) in [4.78, 5) is 22.7. The van der Waals surface area contributed by atoms with Gasteiger partial charge < -0.3 is 19.9 Å². The third-order valence-corrected chi connectivity index (χ3v) is 3.50. The highest BCUT2D eigenvalue weighted by molar-refractivity contribution is 5.91. The van der Waals surface area contributed by atoms with E-state index in [0.29, 0.717) is 18.0 Å². The zero-order valence-electron chi connectivity index (χ0n) is 14.0. The third-order valence-electron chi connectivity index (χ3n) is 3.50. The first kappa shape index (κ1) is 18.1. The van der Waals surface area contributed by atoms with E-state index in [-0.39, 0.29) is 11.5 Å². The van der Waals surface area contributed by atoms with E-state index in [9.17, 15) is 9.59 Å². The Kier molecular flexibility index (Phi) is 6.17. The Morgan fingerprint density at radius 1 is 1.04 bits per heavy atom. The molecule has 0 radical (unpaired) electrons.